The maximum absolute atomic E-state index is 5.36. The van der Waals surface area contributed by atoms with E-state index in [0.29, 0.717) is 0 Å². The van der Waals surface area contributed by atoms with Gasteiger partial charge in [-0.2, -0.15) is 0 Å². The van der Waals surface area contributed by atoms with Crippen LogP contribution >= 0.6 is 31.9 Å². The van der Waals surface area contributed by atoms with E-state index in [1.165, 1.54) is 0 Å². The van der Waals surface area contributed by atoms with Gasteiger partial charge in [-0.05, 0) is 44.9 Å². The SMILES string of the molecule is C[C@@H](N)C=C(Br)Br. The molecule has 0 aromatic carbocycles. The highest BCUT2D eigenvalue weighted by Crippen LogP contribution is 2.12. The third-order valence-corrected chi connectivity index (χ3v) is 0.918. The maximum atomic E-state index is 5.36. The van der Waals surface area contributed by atoms with Crippen molar-refractivity contribution in [3.8, 4) is 0 Å². The lowest BCUT2D eigenvalue weighted by atomic mass is 10.4. The molecule has 0 aromatic heterocycles. The van der Waals surface area contributed by atoms with E-state index < -0.39 is 0 Å². The van der Waals surface area contributed by atoms with Gasteiger partial charge >= 0.3 is 0 Å². The number of halogens is 2. The molecule has 0 aliphatic rings. The smallest absolute Gasteiger partial charge is 0.0579 e. The fraction of sp³-hybridized carbons (Fsp3) is 0.500. The summed E-state index contributed by atoms with van der Waals surface area (Å²) in [4.78, 5) is 0. The number of rotatable bonds is 1. The van der Waals surface area contributed by atoms with Crippen LogP contribution in [0.5, 0.6) is 0 Å². The molecule has 0 radical (unpaired) electrons. The molecule has 42 valence electrons. The molecule has 0 aromatic rings. The molecule has 0 amide bonds. The van der Waals surface area contributed by atoms with Crippen LogP contribution in [0.1, 0.15) is 6.92 Å². The maximum Gasteiger partial charge on any atom is 0.0579 e. The molecule has 7 heavy (non-hydrogen) atoms. The van der Waals surface area contributed by atoms with Crippen LogP contribution in [0.15, 0.2) is 9.47 Å². The summed E-state index contributed by atoms with van der Waals surface area (Å²) in [5.41, 5.74) is 5.36. The number of hydrogen-bond donors (Lipinski definition) is 1. The summed E-state index contributed by atoms with van der Waals surface area (Å²) in [6.45, 7) is 1.91. The first-order chi connectivity index (χ1) is 3.13. The van der Waals surface area contributed by atoms with Gasteiger partial charge in [0, 0.05) is 6.04 Å². The molecule has 0 bridgehead atoms. The largest absolute Gasteiger partial charge is 0.325 e. The van der Waals surface area contributed by atoms with Crippen LogP contribution in [0.25, 0.3) is 0 Å². The Morgan fingerprint density at radius 3 is 2.14 bits per heavy atom. The second-order valence-electron chi connectivity index (χ2n) is 1.32. The van der Waals surface area contributed by atoms with Crippen LogP contribution in [0.2, 0.25) is 0 Å². The monoisotopic (exact) mass is 227 g/mol. The first-order valence-electron chi connectivity index (χ1n) is 1.91. The second kappa shape index (κ2) is 3.64. The second-order valence-corrected chi connectivity index (χ2v) is 4.09. The number of hydrogen-bond acceptors (Lipinski definition) is 1. The van der Waals surface area contributed by atoms with Gasteiger partial charge in [-0.1, -0.05) is 0 Å². The third-order valence-electron chi connectivity index (χ3n) is 0.389. The van der Waals surface area contributed by atoms with Gasteiger partial charge in [0.15, 0.2) is 0 Å². The average molecular weight is 229 g/mol. The van der Waals surface area contributed by atoms with Crippen molar-refractivity contribution in [2.75, 3.05) is 0 Å². The van der Waals surface area contributed by atoms with E-state index in [2.05, 4.69) is 31.9 Å². The molecular formula is C4H7Br2N. The molecule has 3 heteroatoms. The van der Waals surface area contributed by atoms with Crippen molar-refractivity contribution in [1.29, 1.82) is 0 Å². The normalized spacial score (nSPS) is 13.1. The molecule has 1 nitrogen and oxygen atoms in total. The summed E-state index contributed by atoms with van der Waals surface area (Å²) in [7, 11) is 0. The molecule has 0 aliphatic heterocycles. The van der Waals surface area contributed by atoms with Crippen LogP contribution in [0.3, 0.4) is 0 Å². The fourth-order valence-electron chi connectivity index (χ4n) is 0.199. The van der Waals surface area contributed by atoms with Crippen molar-refractivity contribution in [1.82, 2.24) is 0 Å². The quantitative estimate of drug-likeness (QED) is 0.730. The Hall–Kier alpha value is 0.660. The Morgan fingerprint density at radius 1 is 1.71 bits per heavy atom. The van der Waals surface area contributed by atoms with Crippen molar-refractivity contribution < 1.29 is 0 Å². The van der Waals surface area contributed by atoms with Crippen LogP contribution in [-0.2, 0) is 0 Å². The molecule has 0 spiro atoms. The van der Waals surface area contributed by atoms with Gasteiger partial charge in [-0.25, -0.2) is 0 Å². The third kappa shape index (κ3) is 6.66. The van der Waals surface area contributed by atoms with E-state index in [4.69, 9.17) is 5.73 Å². The van der Waals surface area contributed by atoms with Gasteiger partial charge < -0.3 is 5.73 Å². The van der Waals surface area contributed by atoms with Crippen molar-refractivity contribution in [3.63, 3.8) is 0 Å². The van der Waals surface area contributed by atoms with E-state index in [0.717, 1.165) is 3.39 Å². The Morgan fingerprint density at radius 2 is 2.14 bits per heavy atom. The van der Waals surface area contributed by atoms with E-state index >= 15 is 0 Å². The minimum atomic E-state index is 0.119. The van der Waals surface area contributed by atoms with E-state index in [9.17, 15) is 0 Å². The summed E-state index contributed by atoms with van der Waals surface area (Å²) in [5, 5.41) is 0. The van der Waals surface area contributed by atoms with E-state index in [1.807, 2.05) is 13.0 Å². The minimum absolute atomic E-state index is 0.119. The highest BCUT2D eigenvalue weighted by molar-refractivity contribution is 9.28. The number of nitrogens with two attached hydrogens (primary N) is 1. The predicted molar refractivity (Wildman–Crippen MR) is 39.6 cm³/mol. The molecule has 0 saturated heterocycles. The van der Waals surface area contributed by atoms with Gasteiger partial charge in [-0.15, -0.1) is 0 Å². The van der Waals surface area contributed by atoms with E-state index in [-0.39, 0.29) is 6.04 Å². The van der Waals surface area contributed by atoms with Crippen LogP contribution in [0, 0.1) is 0 Å². The molecular weight excluding hydrogens is 222 g/mol. The van der Waals surface area contributed by atoms with Gasteiger partial charge in [0.05, 0.1) is 3.39 Å². The Labute approximate surface area is 60.2 Å². The Kier molecular flexibility index (Phi) is 3.98. The summed E-state index contributed by atoms with van der Waals surface area (Å²) < 4.78 is 0.912. The lowest BCUT2D eigenvalue weighted by Crippen LogP contribution is -2.10. The van der Waals surface area contributed by atoms with Crippen molar-refractivity contribution in [2.45, 2.75) is 13.0 Å². The average Bonchev–Trinajstić information content (AvgIpc) is 1.27. The topological polar surface area (TPSA) is 26.0 Å². The predicted octanol–water partition coefficient (Wildman–Crippen LogP) is 1.96. The summed E-state index contributed by atoms with van der Waals surface area (Å²) >= 11 is 6.35. The first-order valence-corrected chi connectivity index (χ1v) is 3.50. The van der Waals surface area contributed by atoms with Crippen molar-refractivity contribution in [3.05, 3.63) is 9.47 Å². The van der Waals surface area contributed by atoms with Gasteiger partial charge in [-0.3, -0.25) is 0 Å². The van der Waals surface area contributed by atoms with Gasteiger partial charge in [0.1, 0.15) is 0 Å². The van der Waals surface area contributed by atoms with Crippen molar-refractivity contribution >= 4 is 31.9 Å². The van der Waals surface area contributed by atoms with Crippen LogP contribution < -0.4 is 5.73 Å². The van der Waals surface area contributed by atoms with Crippen LogP contribution in [0.4, 0.5) is 0 Å². The molecule has 0 saturated carbocycles. The fourth-order valence-corrected chi connectivity index (χ4v) is 1.03. The first kappa shape index (κ1) is 7.66. The Balaban J connectivity index is 3.45. The molecule has 0 rings (SSSR count). The molecule has 0 unspecified atom stereocenters. The van der Waals surface area contributed by atoms with E-state index in [1.54, 1.807) is 0 Å². The summed E-state index contributed by atoms with van der Waals surface area (Å²) in [5.74, 6) is 0. The molecule has 0 heterocycles. The minimum Gasteiger partial charge on any atom is -0.325 e. The Bertz CT molecular complexity index is 73.8. The lowest BCUT2D eigenvalue weighted by molar-refractivity contribution is 0.927. The van der Waals surface area contributed by atoms with Crippen molar-refractivity contribution in [2.24, 2.45) is 5.73 Å². The summed E-state index contributed by atoms with van der Waals surface area (Å²) in [6.07, 6.45) is 1.86. The highest BCUT2D eigenvalue weighted by Gasteiger charge is 1.85. The standard InChI is InChI=1S/C4H7Br2N/c1-3(7)2-4(5)6/h2-3H,7H2,1H3/t3-/m1/s1. The lowest BCUT2D eigenvalue weighted by Gasteiger charge is -1.91. The zero-order chi connectivity index (χ0) is 5.86. The molecule has 2 N–H and O–H groups in total. The molecule has 0 aliphatic carbocycles. The van der Waals surface area contributed by atoms with Gasteiger partial charge in [0.25, 0.3) is 0 Å². The zero-order valence-electron chi connectivity index (χ0n) is 3.99. The summed E-state index contributed by atoms with van der Waals surface area (Å²) in [6, 6.07) is 0.119. The molecule has 0 fully saturated rings. The van der Waals surface area contributed by atoms with Gasteiger partial charge in [0.2, 0.25) is 0 Å². The molecule has 1 atom stereocenters. The zero-order valence-corrected chi connectivity index (χ0v) is 7.16. The van der Waals surface area contributed by atoms with Crippen LogP contribution in [-0.4, -0.2) is 6.04 Å². The highest BCUT2D eigenvalue weighted by atomic mass is 79.9.